The van der Waals surface area contributed by atoms with Crippen LogP contribution in [0.2, 0.25) is 0 Å². The number of carboxylic acids is 1. The summed E-state index contributed by atoms with van der Waals surface area (Å²) in [6, 6.07) is 4.47. The van der Waals surface area contributed by atoms with Crippen LogP contribution in [0.5, 0.6) is 0 Å². The van der Waals surface area contributed by atoms with E-state index in [-0.39, 0.29) is 11.1 Å². The molecule has 2 atom stereocenters. The molecule has 0 saturated carbocycles. The van der Waals surface area contributed by atoms with E-state index in [0.29, 0.717) is 0 Å². The SMILES string of the molecule is CC(C)(C1=C(F)C(F)C(F)(C(=O)OF)C(F)=C1F)c1ccc(C(=O)O)cc1. The molecule has 2 unspecified atom stereocenters. The average molecular weight is 394 g/mol. The predicted molar refractivity (Wildman–Crippen MR) is 79.7 cm³/mol. The minimum absolute atomic E-state index is 0.0345. The molecular weight excluding hydrogens is 382 g/mol. The van der Waals surface area contributed by atoms with E-state index < -0.39 is 52.2 Å². The molecule has 1 N–H and O–H groups in total. The van der Waals surface area contributed by atoms with Crippen molar-refractivity contribution in [2.75, 3.05) is 0 Å². The molecule has 4 nitrogen and oxygen atoms in total. The van der Waals surface area contributed by atoms with E-state index in [0.717, 1.165) is 38.1 Å². The van der Waals surface area contributed by atoms with Crippen molar-refractivity contribution >= 4 is 11.9 Å². The van der Waals surface area contributed by atoms with Crippen molar-refractivity contribution in [3.8, 4) is 0 Å². The molecule has 0 fully saturated rings. The number of hydrogen-bond acceptors (Lipinski definition) is 3. The van der Waals surface area contributed by atoms with Crippen molar-refractivity contribution in [1.82, 2.24) is 0 Å². The van der Waals surface area contributed by atoms with Crippen LogP contribution < -0.4 is 0 Å². The normalized spacial score (nSPS) is 23.5. The number of halogens is 6. The van der Waals surface area contributed by atoms with Gasteiger partial charge in [0.15, 0.2) is 11.7 Å². The molecule has 0 bridgehead atoms. The Hall–Kier alpha value is -2.78. The zero-order valence-electron chi connectivity index (χ0n) is 13.8. The Bertz CT molecular complexity index is 859. The second-order valence-corrected chi connectivity index (χ2v) is 6.30. The maximum atomic E-state index is 14.4. The van der Waals surface area contributed by atoms with Gasteiger partial charge in [-0.25, -0.2) is 31.5 Å². The molecule has 10 heteroatoms. The van der Waals surface area contributed by atoms with Gasteiger partial charge in [0.25, 0.3) is 0 Å². The standard InChI is InChI=1S/C17H12F6O4/c1-16(2,8-5-3-7(4-6-8)14(24)25)9-10(18)12(20)17(22,15(26)27-23)13(21)11(9)19/h3-6,12H,1-2H3,(H,24,25). The van der Waals surface area contributed by atoms with Gasteiger partial charge in [-0.05, 0) is 17.7 Å². The van der Waals surface area contributed by atoms with Crippen LogP contribution in [-0.2, 0) is 15.2 Å². The number of allylic oxidation sites excluding steroid dienone is 3. The fourth-order valence-electron chi connectivity index (χ4n) is 2.78. The predicted octanol–water partition coefficient (Wildman–Crippen LogP) is 4.52. The highest BCUT2D eigenvalue weighted by Crippen LogP contribution is 2.50. The van der Waals surface area contributed by atoms with Crippen LogP contribution in [0.3, 0.4) is 0 Å². The van der Waals surface area contributed by atoms with Crippen molar-refractivity contribution in [3.63, 3.8) is 0 Å². The first-order valence-corrected chi connectivity index (χ1v) is 7.36. The highest BCUT2D eigenvalue weighted by molar-refractivity contribution is 5.87. The Kier molecular flexibility index (Phi) is 5.13. The molecule has 0 spiro atoms. The van der Waals surface area contributed by atoms with E-state index in [1.54, 1.807) is 0 Å². The summed E-state index contributed by atoms with van der Waals surface area (Å²) in [5.41, 5.74) is -7.82. The van der Waals surface area contributed by atoms with Gasteiger partial charge in [0, 0.05) is 15.5 Å². The number of carbonyl (C=O) groups is 2. The maximum absolute atomic E-state index is 14.4. The van der Waals surface area contributed by atoms with Gasteiger partial charge in [0.1, 0.15) is 5.83 Å². The maximum Gasteiger partial charge on any atom is 0.396 e. The van der Waals surface area contributed by atoms with Crippen LogP contribution >= 0.6 is 0 Å². The van der Waals surface area contributed by atoms with Crippen LogP contribution in [0.25, 0.3) is 0 Å². The number of carbonyl (C=O) groups excluding carboxylic acids is 1. The topological polar surface area (TPSA) is 63.6 Å². The fraction of sp³-hybridized carbons (Fsp3) is 0.294. The minimum Gasteiger partial charge on any atom is -0.478 e. The zero-order valence-corrected chi connectivity index (χ0v) is 13.8. The molecule has 2 rings (SSSR count). The number of benzene rings is 1. The molecule has 0 amide bonds. The van der Waals surface area contributed by atoms with Gasteiger partial charge in [-0.2, -0.15) is 0 Å². The number of carboxylic acid groups (broad SMARTS) is 1. The summed E-state index contributed by atoms with van der Waals surface area (Å²) in [4.78, 5) is 24.3. The number of rotatable bonds is 4. The summed E-state index contributed by atoms with van der Waals surface area (Å²) in [6.45, 7) is 2.27. The van der Waals surface area contributed by atoms with Crippen LogP contribution in [-0.4, -0.2) is 28.9 Å². The summed E-state index contributed by atoms with van der Waals surface area (Å²) in [5.74, 6) is -11.1. The van der Waals surface area contributed by atoms with Crippen molar-refractivity contribution < 1.29 is 46.1 Å². The van der Waals surface area contributed by atoms with Gasteiger partial charge < -0.3 is 5.11 Å². The lowest BCUT2D eigenvalue weighted by atomic mass is 9.72. The first kappa shape index (κ1) is 20.5. The van der Waals surface area contributed by atoms with Crippen LogP contribution in [0.1, 0.15) is 29.8 Å². The van der Waals surface area contributed by atoms with E-state index >= 15 is 0 Å². The van der Waals surface area contributed by atoms with Gasteiger partial charge in [-0.3, -0.25) is 4.94 Å². The molecule has 0 aliphatic heterocycles. The second kappa shape index (κ2) is 6.75. The molecule has 0 radical (unpaired) electrons. The monoisotopic (exact) mass is 394 g/mol. The molecule has 1 aromatic rings. The van der Waals surface area contributed by atoms with Crippen LogP contribution in [0.4, 0.5) is 26.5 Å². The van der Waals surface area contributed by atoms with Crippen molar-refractivity contribution in [3.05, 3.63) is 58.4 Å². The minimum atomic E-state index is -4.64. The third-order valence-corrected chi connectivity index (χ3v) is 4.39. The first-order chi connectivity index (χ1) is 12.4. The molecule has 1 aromatic carbocycles. The highest BCUT2D eigenvalue weighted by atomic mass is 19.3. The van der Waals surface area contributed by atoms with Gasteiger partial charge in [0.2, 0.25) is 6.17 Å². The lowest BCUT2D eigenvalue weighted by Gasteiger charge is -2.35. The lowest BCUT2D eigenvalue weighted by Crippen LogP contribution is -2.48. The Balaban J connectivity index is 2.63. The second-order valence-electron chi connectivity index (χ2n) is 6.30. The Labute approximate surface area is 148 Å². The van der Waals surface area contributed by atoms with E-state index in [1.807, 2.05) is 0 Å². The molecule has 0 aromatic heterocycles. The third-order valence-electron chi connectivity index (χ3n) is 4.39. The molecule has 1 aliphatic rings. The number of aromatic carboxylic acids is 1. The summed E-state index contributed by atoms with van der Waals surface area (Å²) >= 11 is 0. The third kappa shape index (κ3) is 2.98. The average Bonchev–Trinajstić information content (AvgIpc) is 2.64. The smallest absolute Gasteiger partial charge is 0.396 e. The van der Waals surface area contributed by atoms with E-state index in [2.05, 4.69) is 4.94 Å². The zero-order chi connectivity index (χ0) is 20.7. The molecule has 0 heterocycles. The fourth-order valence-corrected chi connectivity index (χ4v) is 2.78. The Morgan fingerprint density at radius 2 is 1.67 bits per heavy atom. The van der Waals surface area contributed by atoms with E-state index in [9.17, 15) is 36.1 Å². The summed E-state index contributed by atoms with van der Waals surface area (Å²) in [6.07, 6.45) is -3.69. The summed E-state index contributed by atoms with van der Waals surface area (Å²) in [5, 5.41) is 8.86. The van der Waals surface area contributed by atoms with Gasteiger partial charge >= 0.3 is 17.6 Å². The van der Waals surface area contributed by atoms with E-state index in [1.165, 1.54) is 0 Å². The molecule has 1 aliphatic carbocycles. The van der Waals surface area contributed by atoms with Gasteiger partial charge in [0.05, 0.1) is 5.56 Å². The number of alkyl halides is 2. The first-order valence-electron chi connectivity index (χ1n) is 7.36. The van der Waals surface area contributed by atoms with Crippen LogP contribution in [0, 0.1) is 0 Å². The highest BCUT2D eigenvalue weighted by Gasteiger charge is 2.62. The van der Waals surface area contributed by atoms with Gasteiger partial charge in [-0.15, -0.1) is 0 Å². The molecule has 0 saturated heterocycles. The van der Waals surface area contributed by atoms with Crippen molar-refractivity contribution in [1.29, 1.82) is 0 Å². The summed E-state index contributed by atoms with van der Waals surface area (Å²) < 4.78 is 83.3. The largest absolute Gasteiger partial charge is 0.478 e. The quantitative estimate of drug-likeness (QED) is 0.763. The molecule has 146 valence electrons. The lowest BCUT2D eigenvalue weighted by molar-refractivity contribution is -0.201. The van der Waals surface area contributed by atoms with Crippen LogP contribution in [0.15, 0.2) is 47.3 Å². The van der Waals surface area contributed by atoms with Gasteiger partial charge in [-0.1, -0.05) is 26.0 Å². The Morgan fingerprint density at radius 1 is 1.15 bits per heavy atom. The Morgan fingerprint density at radius 3 is 2.11 bits per heavy atom. The van der Waals surface area contributed by atoms with Crippen molar-refractivity contribution in [2.45, 2.75) is 31.1 Å². The van der Waals surface area contributed by atoms with Crippen molar-refractivity contribution in [2.24, 2.45) is 0 Å². The summed E-state index contributed by atoms with van der Waals surface area (Å²) in [7, 11) is 0. The number of hydrogen-bond donors (Lipinski definition) is 1. The van der Waals surface area contributed by atoms with E-state index in [4.69, 9.17) is 5.11 Å². The molecular formula is C17H12F6O4. The molecule has 27 heavy (non-hydrogen) atoms.